The molecule has 1 amide bonds. The number of benzene rings is 3. The minimum atomic E-state index is -1.07. The lowest BCUT2D eigenvalue weighted by Gasteiger charge is -2.31. The molecule has 2 aliphatic heterocycles. The molecule has 0 saturated carbocycles. The third-order valence-corrected chi connectivity index (χ3v) is 8.33. The number of hydrogen-bond donors (Lipinski definition) is 0. The molecular formula is C35H40FNO6. The Morgan fingerprint density at radius 2 is 1.67 bits per heavy atom. The molecule has 1 atom stereocenters. The Balaban J connectivity index is 1.66. The number of halogens is 1. The fourth-order valence-electron chi connectivity index (χ4n) is 6.24. The highest BCUT2D eigenvalue weighted by Crippen LogP contribution is 2.47. The molecule has 3 aromatic carbocycles. The van der Waals surface area contributed by atoms with E-state index in [1.165, 1.54) is 13.2 Å². The van der Waals surface area contributed by atoms with E-state index in [1.54, 1.807) is 4.90 Å². The number of methoxy groups -OCH3 is 1. The second kappa shape index (κ2) is 12.0. The van der Waals surface area contributed by atoms with Crippen LogP contribution in [0.5, 0.6) is 5.75 Å². The predicted octanol–water partition coefficient (Wildman–Crippen LogP) is 7.42. The Morgan fingerprint density at radius 3 is 2.33 bits per heavy atom. The van der Waals surface area contributed by atoms with Crippen LogP contribution in [0.15, 0.2) is 36.4 Å². The first-order valence-electron chi connectivity index (χ1n) is 14.7. The SMILES string of the molecule is COC(=O)[C@@H](OC(C)(C)C)c1c(C)c2c(c(C)c1-c1cc(F)c3c(c1C)CCCO3)CN(C(=O)OCc1ccccc1)C2. The van der Waals surface area contributed by atoms with E-state index in [4.69, 9.17) is 18.9 Å². The summed E-state index contributed by atoms with van der Waals surface area (Å²) in [5, 5.41) is 0. The normalized spacial score (nSPS) is 14.9. The molecule has 0 spiro atoms. The van der Waals surface area contributed by atoms with Crippen LogP contribution in [0.3, 0.4) is 0 Å². The van der Waals surface area contributed by atoms with Crippen LogP contribution in [0.1, 0.15) is 77.8 Å². The van der Waals surface area contributed by atoms with E-state index in [0.29, 0.717) is 43.0 Å². The van der Waals surface area contributed by atoms with Crippen molar-refractivity contribution in [3.63, 3.8) is 0 Å². The molecule has 8 heteroatoms. The maximum Gasteiger partial charge on any atom is 0.410 e. The maximum absolute atomic E-state index is 15.6. The molecule has 0 unspecified atom stereocenters. The van der Waals surface area contributed by atoms with Gasteiger partial charge in [0.05, 0.1) is 19.3 Å². The van der Waals surface area contributed by atoms with Crippen LogP contribution < -0.4 is 4.74 Å². The quantitative estimate of drug-likeness (QED) is 0.279. The molecule has 0 radical (unpaired) electrons. The molecule has 228 valence electrons. The van der Waals surface area contributed by atoms with Crippen molar-refractivity contribution in [3.8, 4) is 16.9 Å². The number of rotatable bonds is 6. The van der Waals surface area contributed by atoms with Crippen LogP contribution in [0.4, 0.5) is 9.18 Å². The summed E-state index contributed by atoms with van der Waals surface area (Å²) in [5.41, 5.74) is 7.53. The minimum Gasteiger partial charge on any atom is -0.490 e. The lowest BCUT2D eigenvalue weighted by molar-refractivity contribution is -0.164. The van der Waals surface area contributed by atoms with Gasteiger partial charge in [-0.3, -0.25) is 4.90 Å². The standard InChI is InChI=1S/C35H40FNO6/c1-20-24-14-11-15-41-31(24)28(36)16-25(20)29-21(2)26-17-37(34(39)42-19-23-12-9-8-10-13-23)18-27(26)22(3)30(29)32(33(38)40-7)43-35(4,5)6/h8-10,12-13,16,32H,11,14-15,17-19H2,1-7H3/t32-/m0/s1. The lowest BCUT2D eigenvalue weighted by atomic mass is 9.80. The number of esters is 1. The van der Waals surface area contributed by atoms with Crippen LogP contribution in [0.25, 0.3) is 11.1 Å². The van der Waals surface area contributed by atoms with Gasteiger partial charge in [0.15, 0.2) is 17.7 Å². The van der Waals surface area contributed by atoms with E-state index >= 15 is 4.39 Å². The van der Waals surface area contributed by atoms with Crippen molar-refractivity contribution in [2.75, 3.05) is 13.7 Å². The van der Waals surface area contributed by atoms with Crippen LogP contribution in [-0.4, -0.2) is 36.3 Å². The fraction of sp³-hybridized carbons (Fsp3) is 0.429. The third-order valence-electron chi connectivity index (χ3n) is 8.33. The van der Waals surface area contributed by atoms with Crippen molar-refractivity contribution >= 4 is 12.1 Å². The number of fused-ring (bicyclic) bond motifs is 2. The summed E-state index contributed by atoms with van der Waals surface area (Å²) in [5.74, 6) is -0.682. The van der Waals surface area contributed by atoms with E-state index in [0.717, 1.165) is 50.9 Å². The molecule has 0 N–H and O–H groups in total. The summed E-state index contributed by atoms with van der Waals surface area (Å²) in [6.07, 6.45) is -0.00286. The van der Waals surface area contributed by atoms with Crippen molar-refractivity contribution in [2.24, 2.45) is 0 Å². The number of ether oxygens (including phenoxy) is 4. The average Bonchev–Trinajstić information content (AvgIpc) is 3.45. The molecule has 0 aromatic heterocycles. The lowest BCUT2D eigenvalue weighted by Crippen LogP contribution is -2.29. The first kappa shape index (κ1) is 30.5. The Bertz CT molecular complexity index is 1560. The van der Waals surface area contributed by atoms with Crippen molar-refractivity contribution in [1.29, 1.82) is 0 Å². The maximum atomic E-state index is 15.6. The zero-order valence-corrected chi connectivity index (χ0v) is 26.1. The van der Waals surface area contributed by atoms with Gasteiger partial charge in [-0.2, -0.15) is 0 Å². The molecule has 0 fully saturated rings. The summed E-state index contributed by atoms with van der Waals surface area (Å²) in [4.78, 5) is 28.3. The van der Waals surface area contributed by atoms with Gasteiger partial charge in [-0.25, -0.2) is 14.0 Å². The van der Waals surface area contributed by atoms with Gasteiger partial charge in [-0.1, -0.05) is 30.3 Å². The van der Waals surface area contributed by atoms with Gasteiger partial charge >= 0.3 is 12.1 Å². The van der Waals surface area contributed by atoms with Gasteiger partial charge in [0, 0.05) is 24.2 Å². The van der Waals surface area contributed by atoms with E-state index in [9.17, 15) is 9.59 Å². The molecule has 0 saturated heterocycles. The zero-order valence-electron chi connectivity index (χ0n) is 26.1. The second-order valence-electron chi connectivity index (χ2n) is 12.3. The smallest absolute Gasteiger partial charge is 0.410 e. The minimum absolute atomic E-state index is 0.167. The monoisotopic (exact) mass is 589 g/mol. The van der Waals surface area contributed by atoms with E-state index in [1.807, 2.05) is 71.9 Å². The molecular weight excluding hydrogens is 549 g/mol. The third kappa shape index (κ3) is 5.98. The van der Waals surface area contributed by atoms with Gasteiger partial charge in [0.2, 0.25) is 0 Å². The largest absolute Gasteiger partial charge is 0.490 e. The summed E-state index contributed by atoms with van der Waals surface area (Å²) in [6.45, 7) is 12.8. The molecule has 2 heterocycles. The van der Waals surface area contributed by atoms with Crippen LogP contribution in [0.2, 0.25) is 0 Å². The molecule has 7 nitrogen and oxygen atoms in total. The van der Waals surface area contributed by atoms with Crippen molar-refractivity contribution in [1.82, 2.24) is 4.90 Å². The topological polar surface area (TPSA) is 74.3 Å². The number of carbonyl (C=O) groups is 2. The summed E-state index contributed by atoms with van der Waals surface area (Å²) >= 11 is 0. The predicted molar refractivity (Wildman–Crippen MR) is 161 cm³/mol. The highest BCUT2D eigenvalue weighted by Gasteiger charge is 2.38. The Labute approximate surface area is 252 Å². The number of carbonyl (C=O) groups excluding carboxylic acids is 2. The van der Waals surface area contributed by atoms with Gasteiger partial charge in [-0.05, 0) is 105 Å². The van der Waals surface area contributed by atoms with Crippen LogP contribution in [0, 0.1) is 26.6 Å². The van der Waals surface area contributed by atoms with Crippen LogP contribution in [-0.2, 0) is 45.1 Å². The van der Waals surface area contributed by atoms with E-state index in [-0.39, 0.29) is 6.61 Å². The zero-order chi connectivity index (χ0) is 31.1. The molecule has 0 aliphatic carbocycles. The summed E-state index contributed by atoms with van der Waals surface area (Å²) < 4.78 is 38.6. The average molecular weight is 590 g/mol. The number of amides is 1. The highest BCUT2D eigenvalue weighted by atomic mass is 19.1. The number of hydrogen-bond acceptors (Lipinski definition) is 6. The molecule has 2 aliphatic rings. The fourth-order valence-corrected chi connectivity index (χ4v) is 6.24. The number of nitrogens with zero attached hydrogens (tertiary/aromatic N) is 1. The molecule has 0 bridgehead atoms. The molecule has 3 aromatic rings. The highest BCUT2D eigenvalue weighted by molar-refractivity contribution is 5.87. The molecule has 43 heavy (non-hydrogen) atoms. The van der Waals surface area contributed by atoms with Crippen molar-refractivity contribution in [2.45, 2.75) is 85.8 Å². The van der Waals surface area contributed by atoms with Gasteiger partial charge in [-0.15, -0.1) is 0 Å². The Kier molecular flexibility index (Phi) is 8.52. The summed E-state index contributed by atoms with van der Waals surface area (Å²) in [7, 11) is 1.34. The summed E-state index contributed by atoms with van der Waals surface area (Å²) in [6, 6.07) is 11.0. The first-order valence-corrected chi connectivity index (χ1v) is 14.7. The Hall–Kier alpha value is -3.91. The van der Waals surface area contributed by atoms with Gasteiger partial charge in [0.25, 0.3) is 0 Å². The van der Waals surface area contributed by atoms with E-state index < -0.39 is 29.6 Å². The van der Waals surface area contributed by atoms with Gasteiger partial charge < -0.3 is 18.9 Å². The Morgan fingerprint density at radius 1 is 1.00 bits per heavy atom. The van der Waals surface area contributed by atoms with E-state index in [2.05, 4.69) is 0 Å². The van der Waals surface area contributed by atoms with Gasteiger partial charge in [0.1, 0.15) is 6.61 Å². The van der Waals surface area contributed by atoms with Crippen molar-refractivity contribution in [3.05, 3.63) is 86.7 Å². The second-order valence-corrected chi connectivity index (χ2v) is 12.3. The molecule has 5 rings (SSSR count). The first-order chi connectivity index (χ1) is 20.4. The van der Waals surface area contributed by atoms with Crippen LogP contribution >= 0.6 is 0 Å². The van der Waals surface area contributed by atoms with Crippen molar-refractivity contribution < 1.29 is 32.9 Å².